The summed E-state index contributed by atoms with van der Waals surface area (Å²) in [7, 11) is 0. The lowest BCUT2D eigenvalue weighted by Crippen LogP contribution is -2.21. The molecule has 1 aromatic carbocycles. The second kappa shape index (κ2) is 5.52. The highest BCUT2D eigenvalue weighted by atomic mass is 16.5. The molecule has 1 fully saturated rings. The van der Waals surface area contributed by atoms with Gasteiger partial charge in [-0.2, -0.15) is 0 Å². The average Bonchev–Trinajstić information content (AvgIpc) is 3.15. The summed E-state index contributed by atoms with van der Waals surface area (Å²) >= 11 is 0. The van der Waals surface area contributed by atoms with E-state index in [-0.39, 0.29) is 5.60 Å². The molecule has 0 bridgehead atoms. The fraction of sp³-hybridized carbons (Fsp3) is 0.524. The minimum absolute atomic E-state index is 0.0751. The zero-order chi connectivity index (χ0) is 16.0. The van der Waals surface area contributed by atoms with Crippen molar-refractivity contribution in [3.05, 3.63) is 47.2 Å². The Hall–Kier alpha value is -1.54. The predicted molar refractivity (Wildman–Crippen MR) is 92.8 cm³/mol. The van der Waals surface area contributed by atoms with E-state index in [4.69, 9.17) is 9.15 Å². The third-order valence-electron chi connectivity index (χ3n) is 4.86. The maximum Gasteiger partial charge on any atom is 0.137 e. The number of fused-ring (bicyclic) bond motifs is 1. The summed E-state index contributed by atoms with van der Waals surface area (Å²) in [5.74, 6) is 2.78. The Kier molecular flexibility index (Phi) is 3.60. The van der Waals surface area contributed by atoms with Crippen molar-refractivity contribution in [2.75, 3.05) is 0 Å². The van der Waals surface area contributed by atoms with Gasteiger partial charge in [-0.1, -0.05) is 30.3 Å². The maximum absolute atomic E-state index is 6.44. The normalized spacial score (nSPS) is 23.6. The van der Waals surface area contributed by atoms with Crippen molar-refractivity contribution in [2.24, 2.45) is 0 Å². The van der Waals surface area contributed by atoms with Gasteiger partial charge in [0.05, 0.1) is 11.7 Å². The molecule has 0 N–H and O–H groups in total. The molecule has 23 heavy (non-hydrogen) atoms. The fourth-order valence-corrected chi connectivity index (χ4v) is 3.82. The van der Waals surface area contributed by atoms with Gasteiger partial charge in [-0.15, -0.1) is 0 Å². The van der Waals surface area contributed by atoms with Gasteiger partial charge in [-0.3, -0.25) is 0 Å². The van der Waals surface area contributed by atoms with Crippen molar-refractivity contribution in [1.82, 2.24) is 0 Å². The molecule has 0 radical (unpaired) electrons. The minimum atomic E-state index is -0.0751. The van der Waals surface area contributed by atoms with E-state index in [0.29, 0.717) is 12.0 Å². The van der Waals surface area contributed by atoms with E-state index < -0.39 is 0 Å². The molecule has 4 rings (SSSR count). The first-order valence-corrected chi connectivity index (χ1v) is 8.90. The summed E-state index contributed by atoms with van der Waals surface area (Å²) in [6.07, 6.45) is 6.31. The van der Waals surface area contributed by atoms with Crippen LogP contribution in [0.1, 0.15) is 62.8 Å². The third-order valence-corrected chi connectivity index (χ3v) is 4.86. The van der Waals surface area contributed by atoms with E-state index in [2.05, 4.69) is 51.1 Å². The van der Waals surface area contributed by atoms with Gasteiger partial charge in [-0.05, 0) is 58.4 Å². The topological polar surface area (TPSA) is 22.4 Å². The first-order valence-electron chi connectivity index (χ1n) is 8.90. The predicted octanol–water partition coefficient (Wildman–Crippen LogP) is 5.50. The molecule has 1 saturated carbocycles. The van der Waals surface area contributed by atoms with Crippen molar-refractivity contribution in [2.45, 2.75) is 70.5 Å². The number of rotatable bonds is 3. The van der Waals surface area contributed by atoms with Crippen molar-refractivity contribution < 1.29 is 9.15 Å². The van der Waals surface area contributed by atoms with Gasteiger partial charge in [0.15, 0.2) is 0 Å². The van der Waals surface area contributed by atoms with Crippen LogP contribution < -0.4 is 0 Å². The zero-order valence-electron chi connectivity index (χ0n) is 14.4. The molecule has 0 spiro atoms. The SMILES string of the molecule is CC(C)(C)O[C@@H]1C[C@@H]1c1oc(-c2ccccc2)c2c1CCCC2. The molecule has 2 aliphatic carbocycles. The number of furan rings is 1. The van der Waals surface area contributed by atoms with Gasteiger partial charge in [0.2, 0.25) is 0 Å². The lowest BCUT2D eigenvalue weighted by Gasteiger charge is -2.19. The summed E-state index contributed by atoms with van der Waals surface area (Å²) in [5, 5.41) is 0. The van der Waals surface area contributed by atoms with Gasteiger partial charge < -0.3 is 9.15 Å². The Morgan fingerprint density at radius 1 is 1.00 bits per heavy atom. The summed E-state index contributed by atoms with van der Waals surface area (Å²) in [6.45, 7) is 6.40. The molecule has 2 nitrogen and oxygen atoms in total. The summed E-state index contributed by atoms with van der Waals surface area (Å²) in [4.78, 5) is 0. The molecular formula is C21H26O2. The molecule has 0 amide bonds. The van der Waals surface area contributed by atoms with Gasteiger partial charge in [0.1, 0.15) is 11.5 Å². The molecule has 2 aromatic rings. The molecule has 122 valence electrons. The zero-order valence-corrected chi connectivity index (χ0v) is 14.4. The molecule has 1 aromatic heterocycles. The van der Waals surface area contributed by atoms with Crippen molar-refractivity contribution in [3.8, 4) is 11.3 Å². The van der Waals surface area contributed by atoms with Gasteiger partial charge in [0.25, 0.3) is 0 Å². The second-order valence-corrected chi connectivity index (χ2v) is 7.94. The number of benzene rings is 1. The van der Waals surface area contributed by atoms with E-state index in [1.54, 1.807) is 0 Å². The van der Waals surface area contributed by atoms with E-state index in [1.807, 2.05) is 0 Å². The van der Waals surface area contributed by atoms with Crippen LogP contribution in [0.5, 0.6) is 0 Å². The Labute approximate surface area is 138 Å². The van der Waals surface area contributed by atoms with Crippen LogP contribution in [-0.4, -0.2) is 11.7 Å². The molecule has 0 unspecified atom stereocenters. The lowest BCUT2D eigenvalue weighted by molar-refractivity contribution is -0.0184. The first kappa shape index (κ1) is 15.0. The van der Waals surface area contributed by atoms with Crippen LogP contribution in [0.25, 0.3) is 11.3 Å². The number of hydrogen-bond acceptors (Lipinski definition) is 2. The monoisotopic (exact) mass is 310 g/mol. The Morgan fingerprint density at radius 3 is 2.39 bits per heavy atom. The maximum atomic E-state index is 6.44. The smallest absolute Gasteiger partial charge is 0.137 e. The lowest BCUT2D eigenvalue weighted by atomic mass is 9.90. The van der Waals surface area contributed by atoms with Crippen LogP contribution in [0.4, 0.5) is 0 Å². The van der Waals surface area contributed by atoms with Crippen LogP contribution >= 0.6 is 0 Å². The summed E-state index contributed by atoms with van der Waals surface area (Å²) < 4.78 is 12.6. The van der Waals surface area contributed by atoms with E-state index in [1.165, 1.54) is 41.7 Å². The van der Waals surface area contributed by atoms with E-state index >= 15 is 0 Å². The Balaban J connectivity index is 1.68. The number of hydrogen-bond donors (Lipinski definition) is 0. The Bertz CT molecular complexity index is 691. The van der Waals surface area contributed by atoms with E-state index in [0.717, 1.165) is 18.6 Å². The van der Waals surface area contributed by atoms with Gasteiger partial charge in [0, 0.05) is 17.0 Å². The van der Waals surface area contributed by atoms with Crippen LogP contribution in [0.3, 0.4) is 0 Å². The van der Waals surface area contributed by atoms with Crippen LogP contribution in [-0.2, 0) is 17.6 Å². The van der Waals surface area contributed by atoms with E-state index in [9.17, 15) is 0 Å². The van der Waals surface area contributed by atoms with Crippen LogP contribution in [0.2, 0.25) is 0 Å². The molecule has 2 aliphatic rings. The quantitative estimate of drug-likeness (QED) is 0.747. The summed E-state index contributed by atoms with van der Waals surface area (Å²) in [6, 6.07) is 10.6. The Morgan fingerprint density at radius 2 is 1.70 bits per heavy atom. The number of ether oxygens (including phenoxy) is 1. The molecule has 0 saturated heterocycles. The van der Waals surface area contributed by atoms with Crippen molar-refractivity contribution in [3.63, 3.8) is 0 Å². The molecule has 0 aliphatic heterocycles. The largest absolute Gasteiger partial charge is 0.460 e. The van der Waals surface area contributed by atoms with Gasteiger partial charge >= 0.3 is 0 Å². The highest BCUT2D eigenvalue weighted by molar-refractivity contribution is 5.65. The van der Waals surface area contributed by atoms with Gasteiger partial charge in [-0.25, -0.2) is 0 Å². The second-order valence-electron chi connectivity index (χ2n) is 7.94. The molecular weight excluding hydrogens is 284 g/mol. The highest BCUT2D eigenvalue weighted by Gasteiger charge is 2.46. The van der Waals surface area contributed by atoms with Crippen LogP contribution in [0.15, 0.2) is 34.7 Å². The van der Waals surface area contributed by atoms with Crippen molar-refractivity contribution in [1.29, 1.82) is 0 Å². The standard InChI is InChI=1S/C21H26O2/c1-21(2,3)23-18-13-17(18)20-16-12-8-7-11-15(16)19(22-20)14-9-5-4-6-10-14/h4-6,9-10,17-18H,7-8,11-13H2,1-3H3/t17-,18+/m0/s1. The fourth-order valence-electron chi connectivity index (χ4n) is 3.82. The molecule has 1 heterocycles. The molecule has 2 atom stereocenters. The highest BCUT2D eigenvalue weighted by Crippen LogP contribution is 2.50. The first-order chi connectivity index (χ1) is 11.0. The third kappa shape index (κ3) is 2.97. The van der Waals surface area contributed by atoms with Crippen molar-refractivity contribution >= 4 is 0 Å². The molecule has 2 heteroatoms. The summed E-state index contributed by atoms with van der Waals surface area (Å²) in [5.41, 5.74) is 4.08. The van der Waals surface area contributed by atoms with Crippen LogP contribution in [0, 0.1) is 0 Å². The minimum Gasteiger partial charge on any atom is -0.460 e. The average molecular weight is 310 g/mol.